The molecule has 4 rings (SSSR count). The highest BCUT2D eigenvalue weighted by atomic mass is 19.1. The number of aromatic nitrogens is 5. The first-order chi connectivity index (χ1) is 12.2. The lowest BCUT2D eigenvalue weighted by molar-refractivity contribution is 0.625. The molecular formula is C17H14FN7. The molecule has 0 bridgehead atoms. The van der Waals surface area contributed by atoms with Gasteiger partial charge in [-0.3, -0.25) is 0 Å². The summed E-state index contributed by atoms with van der Waals surface area (Å²) in [7, 11) is 0. The van der Waals surface area contributed by atoms with Gasteiger partial charge in [0.15, 0.2) is 11.2 Å². The van der Waals surface area contributed by atoms with Gasteiger partial charge in [0.2, 0.25) is 5.95 Å². The molecule has 0 fully saturated rings. The molecular weight excluding hydrogens is 321 g/mol. The Morgan fingerprint density at radius 3 is 2.72 bits per heavy atom. The van der Waals surface area contributed by atoms with E-state index in [1.54, 1.807) is 18.3 Å². The molecule has 3 N–H and O–H groups in total. The zero-order valence-electron chi connectivity index (χ0n) is 13.1. The van der Waals surface area contributed by atoms with Crippen molar-refractivity contribution in [2.75, 3.05) is 5.32 Å². The predicted molar refractivity (Wildman–Crippen MR) is 92.0 cm³/mol. The SMILES string of the molecule is NCc1ccc(Nc2ncc3nnn(-c4cccc(F)c4)c3n2)cc1. The van der Waals surface area contributed by atoms with E-state index in [9.17, 15) is 4.39 Å². The molecule has 8 heteroatoms. The van der Waals surface area contributed by atoms with Crippen LogP contribution in [0.5, 0.6) is 0 Å². The minimum Gasteiger partial charge on any atom is -0.326 e. The monoisotopic (exact) mass is 335 g/mol. The van der Waals surface area contributed by atoms with Crippen molar-refractivity contribution in [3.8, 4) is 5.69 Å². The highest BCUT2D eigenvalue weighted by Gasteiger charge is 2.11. The highest BCUT2D eigenvalue weighted by Crippen LogP contribution is 2.18. The van der Waals surface area contributed by atoms with Crippen LogP contribution in [-0.4, -0.2) is 25.0 Å². The maximum atomic E-state index is 13.5. The minimum absolute atomic E-state index is 0.353. The smallest absolute Gasteiger partial charge is 0.229 e. The highest BCUT2D eigenvalue weighted by molar-refractivity contribution is 5.72. The van der Waals surface area contributed by atoms with Gasteiger partial charge in [-0.1, -0.05) is 23.4 Å². The molecule has 25 heavy (non-hydrogen) atoms. The molecule has 0 saturated heterocycles. The van der Waals surface area contributed by atoms with Crippen molar-refractivity contribution in [3.63, 3.8) is 0 Å². The summed E-state index contributed by atoms with van der Waals surface area (Å²) in [6.07, 6.45) is 1.57. The summed E-state index contributed by atoms with van der Waals surface area (Å²) in [5, 5.41) is 11.2. The van der Waals surface area contributed by atoms with Crippen LogP contribution in [0.15, 0.2) is 54.7 Å². The number of rotatable bonds is 4. The molecule has 7 nitrogen and oxygen atoms in total. The molecule has 0 radical (unpaired) electrons. The largest absolute Gasteiger partial charge is 0.326 e. The Bertz CT molecular complexity index is 1030. The van der Waals surface area contributed by atoms with Crippen molar-refractivity contribution >= 4 is 22.8 Å². The summed E-state index contributed by atoms with van der Waals surface area (Å²) in [4.78, 5) is 8.68. The van der Waals surface area contributed by atoms with Gasteiger partial charge in [-0.25, -0.2) is 9.37 Å². The van der Waals surface area contributed by atoms with E-state index in [0.29, 0.717) is 29.3 Å². The summed E-state index contributed by atoms with van der Waals surface area (Å²) in [6, 6.07) is 13.7. The second-order valence-corrected chi connectivity index (χ2v) is 5.41. The lowest BCUT2D eigenvalue weighted by atomic mass is 10.2. The standard InChI is InChI=1S/C17H14FN7/c18-12-2-1-3-14(8-12)25-16-15(23-24-25)10-20-17(22-16)21-13-6-4-11(9-19)5-7-13/h1-8,10H,9,19H2,(H,20,21,22). The summed E-state index contributed by atoms with van der Waals surface area (Å²) >= 11 is 0. The second kappa shape index (κ2) is 6.25. The van der Waals surface area contributed by atoms with Gasteiger partial charge in [0.05, 0.1) is 11.9 Å². The number of nitrogens with two attached hydrogens (primary N) is 1. The molecule has 0 spiro atoms. The maximum Gasteiger partial charge on any atom is 0.229 e. The second-order valence-electron chi connectivity index (χ2n) is 5.41. The van der Waals surface area contributed by atoms with Crippen LogP contribution in [0.25, 0.3) is 16.9 Å². The topological polar surface area (TPSA) is 94.5 Å². The molecule has 0 unspecified atom stereocenters. The molecule has 0 atom stereocenters. The fourth-order valence-corrected chi connectivity index (χ4v) is 2.42. The number of nitrogens with zero attached hydrogens (tertiary/aromatic N) is 5. The van der Waals surface area contributed by atoms with Crippen LogP contribution in [-0.2, 0) is 6.54 Å². The van der Waals surface area contributed by atoms with Crippen LogP contribution in [0, 0.1) is 5.82 Å². The first kappa shape index (κ1) is 15.2. The fourth-order valence-electron chi connectivity index (χ4n) is 2.42. The molecule has 0 aliphatic rings. The van der Waals surface area contributed by atoms with Crippen LogP contribution in [0.4, 0.5) is 16.0 Å². The van der Waals surface area contributed by atoms with E-state index in [4.69, 9.17) is 5.73 Å². The number of benzene rings is 2. The van der Waals surface area contributed by atoms with E-state index in [-0.39, 0.29) is 5.82 Å². The van der Waals surface area contributed by atoms with Crippen molar-refractivity contribution in [3.05, 3.63) is 66.1 Å². The predicted octanol–water partition coefficient (Wildman–Crippen LogP) is 2.55. The van der Waals surface area contributed by atoms with E-state index >= 15 is 0 Å². The number of hydrogen-bond acceptors (Lipinski definition) is 6. The Morgan fingerprint density at radius 1 is 1.12 bits per heavy atom. The van der Waals surface area contributed by atoms with Crippen molar-refractivity contribution in [1.29, 1.82) is 0 Å². The number of fused-ring (bicyclic) bond motifs is 1. The van der Waals surface area contributed by atoms with Crippen molar-refractivity contribution < 1.29 is 4.39 Å². The summed E-state index contributed by atoms with van der Waals surface area (Å²) in [6.45, 7) is 0.487. The normalized spacial score (nSPS) is 11.0. The van der Waals surface area contributed by atoms with Gasteiger partial charge in [-0.05, 0) is 35.9 Å². The minimum atomic E-state index is -0.353. The average molecular weight is 335 g/mol. The van der Waals surface area contributed by atoms with Crippen LogP contribution < -0.4 is 11.1 Å². The van der Waals surface area contributed by atoms with E-state index in [1.807, 2.05) is 24.3 Å². The summed E-state index contributed by atoms with van der Waals surface area (Å²) < 4.78 is 14.9. The van der Waals surface area contributed by atoms with E-state index in [0.717, 1.165) is 11.3 Å². The molecule has 2 aromatic carbocycles. The summed E-state index contributed by atoms with van der Waals surface area (Å²) in [5.41, 5.74) is 9.02. The zero-order valence-corrected chi connectivity index (χ0v) is 13.1. The first-order valence-corrected chi connectivity index (χ1v) is 7.63. The fraction of sp³-hybridized carbons (Fsp3) is 0.0588. The van der Waals surface area contributed by atoms with Gasteiger partial charge in [-0.15, -0.1) is 5.10 Å². The van der Waals surface area contributed by atoms with E-state index < -0.39 is 0 Å². The van der Waals surface area contributed by atoms with Crippen molar-refractivity contribution in [1.82, 2.24) is 25.0 Å². The van der Waals surface area contributed by atoms with Crippen LogP contribution >= 0.6 is 0 Å². The third-order valence-corrected chi connectivity index (χ3v) is 3.69. The van der Waals surface area contributed by atoms with E-state index in [2.05, 4.69) is 25.6 Å². The van der Waals surface area contributed by atoms with E-state index in [1.165, 1.54) is 16.8 Å². The molecule has 0 aliphatic carbocycles. The molecule has 2 aromatic heterocycles. The van der Waals surface area contributed by atoms with Gasteiger partial charge in [0.1, 0.15) is 5.82 Å². The van der Waals surface area contributed by atoms with Crippen LogP contribution in [0.1, 0.15) is 5.56 Å². The Hall–Kier alpha value is -3.39. The molecule has 2 heterocycles. The number of halogens is 1. The van der Waals surface area contributed by atoms with Crippen LogP contribution in [0.3, 0.4) is 0 Å². The zero-order chi connectivity index (χ0) is 17.2. The van der Waals surface area contributed by atoms with Crippen LogP contribution in [0.2, 0.25) is 0 Å². The Morgan fingerprint density at radius 2 is 1.96 bits per heavy atom. The quantitative estimate of drug-likeness (QED) is 0.595. The van der Waals surface area contributed by atoms with Gasteiger partial charge in [0, 0.05) is 12.2 Å². The molecule has 124 valence electrons. The first-order valence-electron chi connectivity index (χ1n) is 7.63. The van der Waals surface area contributed by atoms with Crippen molar-refractivity contribution in [2.24, 2.45) is 5.73 Å². The Balaban J connectivity index is 1.70. The number of nitrogens with one attached hydrogen (secondary N) is 1. The Kier molecular flexibility index (Phi) is 3.79. The van der Waals surface area contributed by atoms with Gasteiger partial charge < -0.3 is 11.1 Å². The van der Waals surface area contributed by atoms with Gasteiger partial charge in [-0.2, -0.15) is 9.67 Å². The van der Waals surface area contributed by atoms with Gasteiger partial charge >= 0.3 is 0 Å². The molecule has 0 aliphatic heterocycles. The third kappa shape index (κ3) is 3.02. The number of anilines is 2. The molecule has 0 saturated carbocycles. The molecule has 0 amide bonds. The molecule has 4 aromatic rings. The van der Waals surface area contributed by atoms with Crippen molar-refractivity contribution in [2.45, 2.75) is 6.54 Å². The van der Waals surface area contributed by atoms with Gasteiger partial charge in [0.25, 0.3) is 0 Å². The summed E-state index contributed by atoms with van der Waals surface area (Å²) in [5.74, 6) is 0.0431. The average Bonchev–Trinajstić information content (AvgIpc) is 3.06. The third-order valence-electron chi connectivity index (χ3n) is 3.69. The Labute approximate surface area is 142 Å². The maximum absolute atomic E-state index is 13.5. The lowest BCUT2D eigenvalue weighted by Gasteiger charge is -2.06. The lowest BCUT2D eigenvalue weighted by Crippen LogP contribution is -2.02. The number of hydrogen-bond donors (Lipinski definition) is 2.